The summed E-state index contributed by atoms with van der Waals surface area (Å²) in [7, 11) is 0. The van der Waals surface area contributed by atoms with Gasteiger partial charge in [0.15, 0.2) is 0 Å². The molecule has 1 aromatic heterocycles. The summed E-state index contributed by atoms with van der Waals surface area (Å²) in [6, 6.07) is 2.21. The number of aromatic nitrogens is 1. The van der Waals surface area contributed by atoms with Gasteiger partial charge in [-0.2, -0.15) is 0 Å². The van der Waals surface area contributed by atoms with Crippen LogP contribution in [-0.2, 0) is 0 Å². The highest BCUT2D eigenvalue weighted by molar-refractivity contribution is 5.44. The normalized spacial score (nSPS) is 12.5. The van der Waals surface area contributed by atoms with Gasteiger partial charge in [0.25, 0.3) is 0 Å². The second-order valence-electron chi connectivity index (χ2n) is 4.67. The molecule has 1 heterocycles. The molecule has 17 heavy (non-hydrogen) atoms. The molecule has 0 spiro atoms. The number of nitrogens with zero attached hydrogens (tertiary/aromatic N) is 2. The molecule has 1 atom stereocenters. The van der Waals surface area contributed by atoms with Gasteiger partial charge in [-0.15, -0.1) is 0 Å². The van der Waals surface area contributed by atoms with Crippen LogP contribution in [0.25, 0.3) is 0 Å². The van der Waals surface area contributed by atoms with Crippen LogP contribution >= 0.6 is 0 Å². The van der Waals surface area contributed by atoms with E-state index in [1.54, 1.807) is 0 Å². The van der Waals surface area contributed by atoms with Crippen molar-refractivity contribution in [1.29, 1.82) is 0 Å². The third-order valence-electron chi connectivity index (χ3n) is 2.94. The van der Waals surface area contributed by atoms with Crippen LogP contribution in [0.4, 0.5) is 5.82 Å². The topological polar surface area (TPSA) is 42.1 Å². The minimum Gasteiger partial charge on any atom is -0.357 e. The summed E-state index contributed by atoms with van der Waals surface area (Å²) in [6.45, 7) is 10.6. The van der Waals surface area contributed by atoms with E-state index in [1.807, 2.05) is 13.1 Å². The summed E-state index contributed by atoms with van der Waals surface area (Å²) in [5.74, 6) is 1.08. The van der Waals surface area contributed by atoms with E-state index in [2.05, 4.69) is 36.7 Å². The Morgan fingerprint density at radius 2 is 1.88 bits per heavy atom. The van der Waals surface area contributed by atoms with Crippen molar-refractivity contribution in [2.24, 2.45) is 5.73 Å². The maximum Gasteiger partial charge on any atom is 0.128 e. The third kappa shape index (κ3) is 3.70. The third-order valence-corrected chi connectivity index (χ3v) is 2.94. The molecule has 0 aliphatic rings. The molecular formula is C14H25N3. The van der Waals surface area contributed by atoms with Crippen LogP contribution in [0.1, 0.15) is 50.8 Å². The van der Waals surface area contributed by atoms with E-state index in [-0.39, 0.29) is 6.04 Å². The largest absolute Gasteiger partial charge is 0.357 e. The monoisotopic (exact) mass is 235 g/mol. The molecule has 0 amide bonds. The van der Waals surface area contributed by atoms with Crippen molar-refractivity contribution < 1.29 is 0 Å². The van der Waals surface area contributed by atoms with Gasteiger partial charge >= 0.3 is 0 Å². The number of rotatable bonds is 6. The van der Waals surface area contributed by atoms with Gasteiger partial charge in [0, 0.05) is 25.3 Å². The lowest BCUT2D eigenvalue weighted by molar-refractivity contribution is 0.729. The molecule has 0 saturated carbocycles. The van der Waals surface area contributed by atoms with Crippen molar-refractivity contribution in [2.75, 3.05) is 18.0 Å². The van der Waals surface area contributed by atoms with Crippen LogP contribution in [0.15, 0.2) is 12.3 Å². The van der Waals surface area contributed by atoms with E-state index in [9.17, 15) is 0 Å². The molecule has 2 N–H and O–H groups in total. The molecule has 1 aromatic rings. The summed E-state index contributed by atoms with van der Waals surface area (Å²) in [5.41, 5.74) is 8.28. The van der Waals surface area contributed by atoms with Crippen LogP contribution in [-0.4, -0.2) is 18.1 Å². The second-order valence-corrected chi connectivity index (χ2v) is 4.67. The first-order valence-corrected chi connectivity index (χ1v) is 6.57. The Labute approximate surface area is 105 Å². The number of nitrogens with two attached hydrogens (primary N) is 1. The van der Waals surface area contributed by atoms with Crippen LogP contribution in [0.2, 0.25) is 0 Å². The molecule has 3 nitrogen and oxygen atoms in total. The van der Waals surface area contributed by atoms with Crippen molar-refractivity contribution >= 4 is 5.82 Å². The van der Waals surface area contributed by atoms with Crippen LogP contribution in [0.5, 0.6) is 0 Å². The van der Waals surface area contributed by atoms with Gasteiger partial charge in [-0.3, -0.25) is 0 Å². The van der Waals surface area contributed by atoms with Crippen LogP contribution < -0.4 is 10.6 Å². The minimum atomic E-state index is 0.0577. The SMILES string of the molecule is CCCN(CCC)c1cc(C)c([C@H](C)N)cn1. The molecule has 96 valence electrons. The fourth-order valence-corrected chi connectivity index (χ4v) is 2.08. The predicted molar refractivity (Wildman–Crippen MR) is 74.4 cm³/mol. The lowest BCUT2D eigenvalue weighted by Gasteiger charge is -2.23. The van der Waals surface area contributed by atoms with E-state index < -0.39 is 0 Å². The van der Waals surface area contributed by atoms with E-state index >= 15 is 0 Å². The smallest absolute Gasteiger partial charge is 0.128 e. The molecule has 1 rings (SSSR count). The van der Waals surface area contributed by atoms with E-state index in [1.165, 1.54) is 5.56 Å². The zero-order valence-corrected chi connectivity index (χ0v) is 11.5. The Hall–Kier alpha value is -1.09. The van der Waals surface area contributed by atoms with Crippen molar-refractivity contribution in [3.05, 3.63) is 23.4 Å². The molecule has 0 saturated heterocycles. The second kappa shape index (κ2) is 6.60. The Kier molecular flexibility index (Phi) is 5.42. The first-order valence-electron chi connectivity index (χ1n) is 6.57. The van der Waals surface area contributed by atoms with Crippen molar-refractivity contribution in [1.82, 2.24) is 4.98 Å². The van der Waals surface area contributed by atoms with Crippen molar-refractivity contribution in [3.8, 4) is 0 Å². The number of hydrogen-bond donors (Lipinski definition) is 1. The molecular weight excluding hydrogens is 210 g/mol. The molecule has 0 aliphatic carbocycles. The fraction of sp³-hybridized carbons (Fsp3) is 0.643. The first kappa shape index (κ1) is 14.0. The van der Waals surface area contributed by atoms with Crippen molar-refractivity contribution in [3.63, 3.8) is 0 Å². The standard InChI is InChI=1S/C14H25N3/c1-5-7-17(8-6-2)14-9-11(3)13(10-16-14)12(4)15/h9-10,12H,5-8,15H2,1-4H3/t12-/m0/s1. The zero-order valence-electron chi connectivity index (χ0n) is 11.5. The quantitative estimate of drug-likeness (QED) is 0.824. The Bertz CT molecular complexity index is 341. The Morgan fingerprint density at radius 3 is 2.29 bits per heavy atom. The van der Waals surface area contributed by atoms with E-state index in [0.29, 0.717) is 0 Å². The fourth-order valence-electron chi connectivity index (χ4n) is 2.08. The summed E-state index contributed by atoms with van der Waals surface area (Å²) >= 11 is 0. The van der Waals surface area contributed by atoms with Gasteiger partial charge in [0.05, 0.1) is 0 Å². The lowest BCUT2D eigenvalue weighted by atomic mass is 10.1. The molecule has 3 heteroatoms. The van der Waals surface area contributed by atoms with Gasteiger partial charge in [0.2, 0.25) is 0 Å². The number of anilines is 1. The van der Waals surface area contributed by atoms with Gasteiger partial charge in [0.1, 0.15) is 5.82 Å². The van der Waals surface area contributed by atoms with Gasteiger partial charge in [-0.05, 0) is 43.9 Å². The summed E-state index contributed by atoms with van der Waals surface area (Å²) in [6.07, 6.45) is 4.22. The maximum absolute atomic E-state index is 5.90. The molecule has 0 unspecified atom stereocenters. The Morgan fingerprint density at radius 1 is 1.29 bits per heavy atom. The highest BCUT2D eigenvalue weighted by atomic mass is 15.2. The summed E-state index contributed by atoms with van der Waals surface area (Å²) in [4.78, 5) is 6.89. The summed E-state index contributed by atoms with van der Waals surface area (Å²) in [5, 5.41) is 0. The number of pyridine rings is 1. The minimum absolute atomic E-state index is 0.0577. The number of aryl methyl sites for hydroxylation is 1. The van der Waals surface area contributed by atoms with E-state index in [0.717, 1.165) is 37.3 Å². The zero-order chi connectivity index (χ0) is 12.8. The highest BCUT2D eigenvalue weighted by Crippen LogP contribution is 2.20. The van der Waals surface area contributed by atoms with Gasteiger partial charge in [-0.1, -0.05) is 13.8 Å². The molecule has 0 aromatic carbocycles. The molecule has 0 aliphatic heterocycles. The summed E-state index contributed by atoms with van der Waals surface area (Å²) < 4.78 is 0. The van der Waals surface area contributed by atoms with Crippen LogP contribution in [0.3, 0.4) is 0 Å². The lowest BCUT2D eigenvalue weighted by Crippen LogP contribution is -2.26. The van der Waals surface area contributed by atoms with Gasteiger partial charge < -0.3 is 10.6 Å². The molecule has 0 radical (unpaired) electrons. The number of hydrogen-bond acceptors (Lipinski definition) is 3. The van der Waals surface area contributed by atoms with Crippen LogP contribution in [0, 0.1) is 6.92 Å². The predicted octanol–water partition coefficient (Wildman–Crippen LogP) is 3.04. The van der Waals surface area contributed by atoms with E-state index in [4.69, 9.17) is 5.73 Å². The molecule has 0 fully saturated rings. The highest BCUT2D eigenvalue weighted by Gasteiger charge is 2.09. The average molecular weight is 235 g/mol. The maximum atomic E-state index is 5.90. The molecule has 0 bridgehead atoms. The first-order chi connectivity index (χ1) is 8.10. The van der Waals surface area contributed by atoms with Crippen molar-refractivity contribution in [2.45, 2.75) is 46.6 Å². The van der Waals surface area contributed by atoms with Gasteiger partial charge in [-0.25, -0.2) is 4.98 Å². The average Bonchev–Trinajstić information content (AvgIpc) is 2.28. The Balaban J connectivity index is 2.93.